The highest BCUT2D eigenvalue weighted by molar-refractivity contribution is 6.30. The van der Waals surface area contributed by atoms with Crippen LogP contribution in [0.5, 0.6) is 0 Å². The van der Waals surface area contributed by atoms with Crippen LogP contribution in [0, 0.1) is 11.8 Å². The Labute approximate surface area is 162 Å². The first-order valence-corrected chi connectivity index (χ1v) is 9.75. The van der Waals surface area contributed by atoms with Crippen LogP contribution in [-0.4, -0.2) is 47.9 Å². The quantitative estimate of drug-likeness (QED) is 0.765. The summed E-state index contributed by atoms with van der Waals surface area (Å²) in [6.45, 7) is 1.48. The third-order valence-corrected chi connectivity index (χ3v) is 6.27. The van der Waals surface area contributed by atoms with Crippen LogP contribution in [0.1, 0.15) is 25.7 Å². The Morgan fingerprint density at radius 3 is 2.63 bits per heavy atom. The van der Waals surface area contributed by atoms with Crippen molar-refractivity contribution in [3.63, 3.8) is 0 Å². The van der Waals surface area contributed by atoms with Crippen LogP contribution in [-0.2, 0) is 9.59 Å². The molecule has 0 radical (unpaired) electrons. The highest BCUT2D eigenvalue weighted by Gasteiger charge is 2.43. The van der Waals surface area contributed by atoms with E-state index in [0.717, 1.165) is 24.3 Å². The summed E-state index contributed by atoms with van der Waals surface area (Å²) in [5.41, 5.74) is 6.59. The molecule has 4 unspecified atom stereocenters. The molecule has 3 fully saturated rings. The number of nitrogens with two attached hydrogens (primary N) is 1. The number of imide groups is 1. The molecule has 3 N–H and O–H groups in total. The minimum atomic E-state index is -0.679. The topological polar surface area (TPSA) is 95.7 Å². The number of urea groups is 1. The minimum Gasteiger partial charge on any atom is -0.342 e. The SMILES string of the molecule is NC1CCC2CN(C(=O)CCC3NC(=O)N(c4ccc(Cl)cc4)C3=O)CC12. The first kappa shape index (κ1) is 18.3. The Hall–Kier alpha value is -2.12. The van der Waals surface area contributed by atoms with Crippen molar-refractivity contribution in [1.82, 2.24) is 10.2 Å². The Balaban J connectivity index is 1.34. The van der Waals surface area contributed by atoms with E-state index in [0.29, 0.717) is 35.5 Å². The van der Waals surface area contributed by atoms with Gasteiger partial charge in [0, 0.05) is 30.6 Å². The third kappa shape index (κ3) is 3.41. The van der Waals surface area contributed by atoms with Gasteiger partial charge in [-0.25, -0.2) is 9.69 Å². The van der Waals surface area contributed by atoms with Crippen molar-refractivity contribution in [1.29, 1.82) is 0 Å². The number of carbonyl (C=O) groups excluding carboxylic acids is 3. The van der Waals surface area contributed by atoms with Crippen molar-refractivity contribution in [2.24, 2.45) is 17.6 Å². The zero-order valence-electron chi connectivity index (χ0n) is 14.9. The molecule has 3 aliphatic rings. The van der Waals surface area contributed by atoms with Gasteiger partial charge in [-0.3, -0.25) is 9.59 Å². The van der Waals surface area contributed by atoms with E-state index < -0.39 is 12.1 Å². The second-order valence-corrected chi connectivity index (χ2v) is 8.09. The maximum absolute atomic E-state index is 12.6. The molecule has 4 rings (SSSR count). The van der Waals surface area contributed by atoms with Crippen molar-refractivity contribution in [2.75, 3.05) is 18.0 Å². The molecular formula is C19H23ClN4O3. The summed E-state index contributed by atoms with van der Waals surface area (Å²) in [7, 11) is 0. The number of likely N-dealkylation sites (tertiary alicyclic amines) is 1. The van der Waals surface area contributed by atoms with E-state index in [1.54, 1.807) is 24.3 Å². The fourth-order valence-corrected chi connectivity index (χ4v) is 4.62. The largest absolute Gasteiger partial charge is 0.342 e. The normalized spacial score (nSPS) is 30.0. The lowest BCUT2D eigenvalue weighted by atomic mass is 9.98. The van der Waals surface area contributed by atoms with Crippen LogP contribution < -0.4 is 16.0 Å². The van der Waals surface area contributed by atoms with E-state index in [-0.39, 0.29) is 24.3 Å². The van der Waals surface area contributed by atoms with E-state index >= 15 is 0 Å². The number of hydrogen-bond donors (Lipinski definition) is 2. The molecule has 8 heteroatoms. The Bertz CT molecular complexity index is 769. The van der Waals surface area contributed by atoms with Gasteiger partial charge in [-0.1, -0.05) is 11.6 Å². The van der Waals surface area contributed by atoms with E-state index in [2.05, 4.69) is 5.32 Å². The number of amides is 4. The molecule has 2 saturated heterocycles. The van der Waals surface area contributed by atoms with Crippen LogP contribution in [0.15, 0.2) is 24.3 Å². The second-order valence-electron chi connectivity index (χ2n) is 7.65. The molecule has 144 valence electrons. The zero-order valence-corrected chi connectivity index (χ0v) is 15.7. The molecule has 4 amide bonds. The van der Waals surface area contributed by atoms with Crippen molar-refractivity contribution in [3.05, 3.63) is 29.3 Å². The predicted octanol–water partition coefficient (Wildman–Crippen LogP) is 1.74. The van der Waals surface area contributed by atoms with Crippen LogP contribution >= 0.6 is 11.6 Å². The number of nitrogens with one attached hydrogen (secondary N) is 1. The lowest BCUT2D eigenvalue weighted by Crippen LogP contribution is -2.35. The fraction of sp³-hybridized carbons (Fsp3) is 0.526. The van der Waals surface area contributed by atoms with Gasteiger partial charge in [0.25, 0.3) is 5.91 Å². The highest BCUT2D eigenvalue weighted by atomic mass is 35.5. The molecule has 1 aromatic rings. The van der Waals surface area contributed by atoms with E-state index in [4.69, 9.17) is 17.3 Å². The number of halogens is 1. The average Bonchev–Trinajstić information content (AvgIpc) is 3.29. The van der Waals surface area contributed by atoms with Crippen LogP contribution in [0.25, 0.3) is 0 Å². The minimum absolute atomic E-state index is 0.0311. The molecule has 0 aromatic heterocycles. The van der Waals surface area contributed by atoms with Gasteiger partial charge in [-0.05, 0) is 55.4 Å². The zero-order chi connectivity index (χ0) is 19.1. The maximum atomic E-state index is 12.6. The van der Waals surface area contributed by atoms with Crippen LogP contribution in [0.3, 0.4) is 0 Å². The summed E-state index contributed by atoms with van der Waals surface area (Å²) in [5.74, 6) is 0.610. The smallest absolute Gasteiger partial charge is 0.329 e. The van der Waals surface area contributed by atoms with E-state index in [9.17, 15) is 14.4 Å². The Morgan fingerprint density at radius 1 is 1.19 bits per heavy atom. The lowest BCUT2D eigenvalue weighted by molar-refractivity contribution is -0.130. The number of fused-ring (bicyclic) bond motifs is 1. The highest BCUT2D eigenvalue weighted by Crippen LogP contribution is 2.37. The lowest BCUT2D eigenvalue weighted by Gasteiger charge is -2.19. The summed E-state index contributed by atoms with van der Waals surface area (Å²) in [6, 6.07) is 5.55. The Kier molecular flexibility index (Phi) is 4.82. The predicted molar refractivity (Wildman–Crippen MR) is 101 cm³/mol. The fourth-order valence-electron chi connectivity index (χ4n) is 4.50. The average molecular weight is 391 g/mol. The van der Waals surface area contributed by atoms with Gasteiger partial charge in [0.2, 0.25) is 5.91 Å². The number of anilines is 1. The molecule has 1 aliphatic carbocycles. The van der Waals surface area contributed by atoms with Crippen LogP contribution in [0.2, 0.25) is 5.02 Å². The van der Waals surface area contributed by atoms with Gasteiger partial charge in [0.05, 0.1) is 5.69 Å². The number of benzene rings is 1. The molecule has 0 bridgehead atoms. The van der Waals surface area contributed by atoms with Gasteiger partial charge in [0.1, 0.15) is 6.04 Å². The molecule has 1 saturated carbocycles. The van der Waals surface area contributed by atoms with Crippen molar-refractivity contribution in [3.8, 4) is 0 Å². The molecule has 4 atom stereocenters. The van der Waals surface area contributed by atoms with Gasteiger partial charge in [-0.15, -0.1) is 0 Å². The summed E-state index contributed by atoms with van der Waals surface area (Å²) in [4.78, 5) is 40.3. The maximum Gasteiger partial charge on any atom is 0.329 e. The molecular weight excluding hydrogens is 368 g/mol. The van der Waals surface area contributed by atoms with Crippen molar-refractivity contribution in [2.45, 2.75) is 37.8 Å². The van der Waals surface area contributed by atoms with Crippen molar-refractivity contribution < 1.29 is 14.4 Å². The summed E-state index contributed by atoms with van der Waals surface area (Å²) >= 11 is 5.86. The third-order valence-electron chi connectivity index (χ3n) is 6.02. The molecule has 27 heavy (non-hydrogen) atoms. The first-order chi connectivity index (χ1) is 12.9. The molecule has 0 spiro atoms. The number of hydrogen-bond acceptors (Lipinski definition) is 4. The van der Waals surface area contributed by atoms with Crippen LogP contribution in [0.4, 0.5) is 10.5 Å². The van der Waals surface area contributed by atoms with E-state index in [1.807, 2.05) is 4.90 Å². The molecule has 1 aromatic carbocycles. The standard InChI is InChI=1S/C19H23ClN4O3/c20-12-2-4-13(5-3-12)24-18(26)16(22-19(24)27)7-8-17(25)23-9-11-1-6-15(21)14(11)10-23/h2-5,11,14-16H,1,6-10,21H2,(H,22,27). The van der Waals surface area contributed by atoms with Crippen molar-refractivity contribution >= 4 is 35.1 Å². The summed E-state index contributed by atoms with van der Waals surface area (Å²) in [6.07, 6.45) is 2.66. The monoisotopic (exact) mass is 390 g/mol. The van der Waals surface area contributed by atoms with Gasteiger partial charge in [-0.2, -0.15) is 0 Å². The summed E-state index contributed by atoms with van der Waals surface area (Å²) < 4.78 is 0. The van der Waals surface area contributed by atoms with E-state index in [1.165, 1.54) is 0 Å². The Morgan fingerprint density at radius 2 is 1.93 bits per heavy atom. The van der Waals surface area contributed by atoms with Gasteiger partial charge >= 0.3 is 6.03 Å². The van der Waals surface area contributed by atoms with Gasteiger partial charge < -0.3 is 16.0 Å². The number of nitrogens with zero attached hydrogens (tertiary/aromatic N) is 2. The van der Waals surface area contributed by atoms with Gasteiger partial charge in [0.15, 0.2) is 0 Å². The second kappa shape index (κ2) is 7.13. The number of carbonyl (C=O) groups is 3. The molecule has 2 aliphatic heterocycles. The summed E-state index contributed by atoms with van der Waals surface area (Å²) in [5, 5.41) is 3.20. The molecule has 7 nitrogen and oxygen atoms in total. The first-order valence-electron chi connectivity index (χ1n) is 9.37. The number of rotatable bonds is 4. The molecule has 2 heterocycles.